The standard InChI is InChI=1S/C20H22N4O5/c25-18(21-7-10-23-8-1-2-9-23)6-4-15-19(26)24(20(27)22-15)12-14-3-5-16-17(11-14)29-13-28-16/h1-3,5,8-9,11,15H,4,6-7,10,12-13H2,(H,21,25)(H,22,27)/t15-/m0/s1. The molecule has 2 aliphatic rings. The van der Waals surface area contributed by atoms with Crippen molar-refractivity contribution < 1.29 is 23.9 Å². The smallest absolute Gasteiger partial charge is 0.325 e. The minimum atomic E-state index is -0.688. The third kappa shape index (κ3) is 4.34. The van der Waals surface area contributed by atoms with Crippen LogP contribution in [0.1, 0.15) is 18.4 Å². The van der Waals surface area contributed by atoms with Crippen molar-refractivity contribution in [1.82, 2.24) is 20.1 Å². The normalized spacial score (nSPS) is 17.5. The quantitative estimate of drug-likeness (QED) is 0.652. The molecule has 1 aromatic carbocycles. The summed E-state index contributed by atoms with van der Waals surface area (Å²) in [4.78, 5) is 38.0. The average molecular weight is 398 g/mol. The second-order valence-corrected chi connectivity index (χ2v) is 6.92. The van der Waals surface area contributed by atoms with Crippen LogP contribution in [0.25, 0.3) is 0 Å². The zero-order valence-electron chi connectivity index (χ0n) is 15.8. The Morgan fingerprint density at radius 3 is 2.79 bits per heavy atom. The van der Waals surface area contributed by atoms with E-state index in [1.54, 1.807) is 18.2 Å². The summed E-state index contributed by atoms with van der Waals surface area (Å²) in [6.07, 6.45) is 4.28. The van der Waals surface area contributed by atoms with E-state index < -0.39 is 12.1 Å². The highest BCUT2D eigenvalue weighted by atomic mass is 16.7. The molecule has 1 saturated heterocycles. The van der Waals surface area contributed by atoms with Crippen LogP contribution in [0.15, 0.2) is 42.7 Å². The lowest BCUT2D eigenvalue weighted by atomic mass is 10.1. The van der Waals surface area contributed by atoms with Gasteiger partial charge in [-0.15, -0.1) is 0 Å². The summed E-state index contributed by atoms with van der Waals surface area (Å²) in [5, 5.41) is 5.48. The first-order valence-electron chi connectivity index (χ1n) is 9.48. The van der Waals surface area contributed by atoms with Crippen molar-refractivity contribution in [2.75, 3.05) is 13.3 Å². The van der Waals surface area contributed by atoms with Crippen LogP contribution >= 0.6 is 0 Å². The van der Waals surface area contributed by atoms with Gasteiger partial charge in [-0.25, -0.2) is 4.79 Å². The third-order valence-corrected chi connectivity index (χ3v) is 4.90. The van der Waals surface area contributed by atoms with Crippen LogP contribution in [0.5, 0.6) is 11.5 Å². The number of urea groups is 1. The maximum Gasteiger partial charge on any atom is 0.325 e. The van der Waals surface area contributed by atoms with Gasteiger partial charge in [-0.1, -0.05) is 6.07 Å². The number of rotatable bonds is 8. The van der Waals surface area contributed by atoms with Gasteiger partial charge in [0.25, 0.3) is 5.91 Å². The van der Waals surface area contributed by atoms with E-state index in [1.165, 1.54) is 0 Å². The monoisotopic (exact) mass is 398 g/mol. The second kappa shape index (κ2) is 8.26. The van der Waals surface area contributed by atoms with Crippen LogP contribution in [-0.4, -0.2) is 46.7 Å². The van der Waals surface area contributed by atoms with E-state index in [-0.39, 0.29) is 38.0 Å². The van der Waals surface area contributed by atoms with Crippen molar-refractivity contribution in [3.8, 4) is 11.5 Å². The Hall–Kier alpha value is -3.49. The molecular weight excluding hydrogens is 376 g/mol. The third-order valence-electron chi connectivity index (χ3n) is 4.90. The molecule has 1 aromatic heterocycles. The highest BCUT2D eigenvalue weighted by Crippen LogP contribution is 2.33. The molecule has 4 rings (SSSR count). The van der Waals surface area contributed by atoms with E-state index in [2.05, 4.69) is 10.6 Å². The molecule has 152 valence electrons. The molecule has 0 aliphatic carbocycles. The van der Waals surface area contributed by atoms with Crippen LogP contribution in [0.4, 0.5) is 4.79 Å². The molecule has 9 heteroatoms. The van der Waals surface area contributed by atoms with Gasteiger partial charge in [0.05, 0.1) is 6.54 Å². The van der Waals surface area contributed by atoms with Crippen molar-refractivity contribution in [3.05, 3.63) is 48.3 Å². The van der Waals surface area contributed by atoms with Crippen LogP contribution in [0.3, 0.4) is 0 Å². The highest BCUT2D eigenvalue weighted by molar-refractivity contribution is 6.04. The number of nitrogens with zero attached hydrogens (tertiary/aromatic N) is 2. The Morgan fingerprint density at radius 1 is 1.17 bits per heavy atom. The summed E-state index contributed by atoms with van der Waals surface area (Å²) < 4.78 is 12.6. The summed E-state index contributed by atoms with van der Waals surface area (Å²) in [7, 11) is 0. The molecule has 0 bridgehead atoms. The molecule has 0 spiro atoms. The van der Waals surface area contributed by atoms with E-state index in [1.807, 2.05) is 29.1 Å². The van der Waals surface area contributed by atoms with Crippen molar-refractivity contribution in [2.45, 2.75) is 32.0 Å². The van der Waals surface area contributed by atoms with E-state index in [0.29, 0.717) is 24.6 Å². The van der Waals surface area contributed by atoms with Crippen LogP contribution < -0.4 is 20.1 Å². The largest absolute Gasteiger partial charge is 0.454 e. The maximum absolute atomic E-state index is 12.6. The molecule has 3 heterocycles. The number of hydrogen-bond acceptors (Lipinski definition) is 5. The lowest BCUT2D eigenvalue weighted by Crippen LogP contribution is -2.33. The maximum atomic E-state index is 12.6. The van der Waals surface area contributed by atoms with Crippen molar-refractivity contribution in [1.29, 1.82) is 0 Å². The van der Waals surface area contributed by atoms with Gasteiger partial charge in [-0.3, -0.25) is 14.5 Å². The Morgan fingerprint density at radius 2 is 1.97 bits per heavy atom. The molecule has 4 amide bonds. The molecule has 1 atom stereocenters. The average Bonchev–Trinajstić information content (AvgIpc) is 3.44. The predicted molar refractivity (Wildman–Crippen MR) is 102 cm³/mol. The Balaban J connectivity index is 1.25. The summed E-state index contributed by atoms with van der Waals surface area (Å²) in [6, 6.07) is 8.01. The van der Waals surface area contributed by atoms with Gasteiger partial charge in [0.1, 0.15) is 6.04 Å². The molecule has 9 nitrogen and oxygen atoms in total. The number of ether oxygens (including phenoxy) is 2. The fourth-order valence-electron chi connectivity index (χ4n) is 3.35. The fourth-order valence-corrected chi connectivity index (χ4v) is 3.35. The number of amides is 4. The number of carbonyl (C=O) groups excluding carboxylic acids is 3. The van der Waals surface area contributed by atoms with Gasteiger partial charge in [0.2, 0.25) is 12.7 Å². The van der Waals surface area contributed by atoms with E-state index in [4.69, 9.17) is 9.47 Å². The van der Waals surface area contributed by atoms with Crippen molar-refractivity contribution in [2.24, 2.45) is 0 Å². The number of nitrogens with one attached hydrogen (secondary N) is 2. The summed E-state index contributed by atoms with van der Waals surface area (Å²) >= 11 is 0. The molecule has 1 fully saturated rings. The van der Waals surface area contributed by atoms with Crippen LogP contribution in [0.2, 0.25) is 0 Å². The molecular formula is C20H22N4O5. The zero-order chi connectivity index (χ0) is 20.2. The first-order chi connectivity index (χ1) is 14.1. The summed E-state index contributed by atoms with van der Waals surface area (Å²) in [5.41, 5.74) is 0.765. The van der Waals surface area contributed by atoms with Crippen LogP contribution in [-0.2, 0) is 22.7 Å². The molecule has 29 heavy (non-hydrogen) atoms. The van der Waals surface area contributed by atoms with E-state index in [0.717, 1.165) is 10.5 Å². The van der Waals surface area contributed by atoms with Gasteiger partial charge in [0, 0.05) is 31.9 Å². The van der Waals surface area contributed by atoms with Gasteiger partial charge >= 0.3 is 6.03 Å². The zero-order valence-corrected chi connectivity index (χ0v) is 15.8. The molecule has 2 aliphatic heterocycles. The first-order valence-corrected chi connectivity index (χ1v) is 9.48. The lowest BCUT2D eigenvalue weighted by molar-refractivity contribution is -0.128. The highest BCUT2D eigenvalue weighted by Gasteiger charge is 2.38. The number of benzene rings is 1. The van der Waals surface area contributed by atoms with Crippen molar-refractivity contribution >= 4 is 17.8 Å². The Labute approximate surface area is 167 Å². The Kier molecular flexibility index (Phi) is 5.37. The second-order valence-electron chi connectivity index (χ2n) is 6.92. The molecule has 0 saturated carbocycles. The lowest BCUT2D eigenvalue weighted by Gasteiger charge is -2.13. The van der Waals surface area contributed by atoms with Crippen molar-refractivity contribution in [3.63, 3.8) is 0 Å². The first kappa shape index (κ1) is 18.9. The topological polar surface area (TPSA) is 102 Å². The molecule has 0 unspecified atom stereocenters. The van der Waals surface area contributed by atoms with Gasteiger partial charge in [0.15, 0.2) is 11.5 Å². The minimum Gasteiger partial charge on any atom is -0.454 e. The molecule has 2 aromatic rings. The van der Waals surface area contributed by atoms with E-state index in [9.17, 15) is 14.4 Å². The number of imide groups is 1. The fraction of sp³-hybridized carbons (Fsp3) is 0.350. The number of hydrogen-bond donors (Lipinski definition) is 2. The van der Waals surface area contributed by atoms with Crippen LogP contribution in [0, 0.1) is 0 Å². The number of carbonyl (C=O) groups is 3. The molecule has 2 N–H and O–H groups in total. The Bertz CT molecular complexity index is 912. The van der Waals surface area contributed by atoms with E-state index >= 15 is 0 Å². The SMILES string of the molecule is O=C(CC[C@@H]1NC(=O)N(Cc2ccc3c(c2)OCO3)C1=O)NCCn1cccc1. The van der Waals surface area contributed by atoms with Gasteiger partial charge in [-0.2, -0.15) is 0 Å². The minimum absolute atomic E-state index is 0.140. The number of aromatic nitrogens is 1. The molecule has 0 radical (unpaired) electrons. The predicted octanol–water partition coefficient (Wildman–Crippen LogP) is 1.23. The number of fused-ring (bicyclic) bond motifs is 1. The van der Waals surface area contributed by atoms with Gasteiger partial charge in [-0.05, 0) is 36.2 Å². The van der Waals surface area contributed by atoms with Gasteiger partial charge < -0.3 is 24.7 Å². The summed E-state index contributed by atoms with van der Waals surface area (Å²) in [6.45, 7) is 1.49. The summed E-state index contributed by atoms with van der Waals surface area (Å²) in [5.74, 6) is 0.774.